The lowest BCUT2D eigenvalue weighted by Crippen LogP contribution is -2.58. The number of primary amides is 1. The van der Waals surface area contributed by atoms with Crippen LogP contribution in [0.25, 0.3) is 0 Å². The van der Waals surface area contributed by atoms with Crippen LogP contribution < -0.4 is 43.4 Å². The van der Waals surface area contributed by atoms with Gasteiger partial charge in [-0.3, -0.25) is 38.4 Å². The Morgan fingerprint density at radius 1 is 0.633 bits per heavy atom. The summed E-state index contributed by atoms with van der Waals surface area (Å²) in [5.74, 6) is -5.84. The minimum absolute atomic E-state index is 0.0323. The number of phenolic OH excluding ortho intramolecular Hbond substituents is 1. The largest absolute Gasteiger partial charge is 0.508 e. The lowest BCUT2D eigenvalue weighted by Gasteiger charge is -2.26. The van der Waals surface area contributed by atoms with E-state index < -0.39 is 96.5 Å². The van der Waals surface area contributed by atoms with E-state index in [1.54, 1.807) is 48.7 Å². The van der Waals surface area contributed by atoms with Gasteiger partial charge in [0.2, 0.25) is 41.4 Å². The Morgan fingerprint density at radius 2 is 1.13 bits per heavy atom. The van der Waals surface area contributed by atoms with Gasteiger partial charge >= 0.3 is 5.97 Å². The fraction of sp³-hybridized carbons (Fsp3) is 0.500. The number of benzene rings is 2. The zero-order chi connectivity index (χ0) is 44.8. The summed E-state index contributed by atoms with van der Waals surface area (Å²) in [6.07, 6.45) is 3.50. The fourth-order valence-electron chi connectivity index (χ4n) is 5.78. The number of thioether (sulfide) groups is 2. The number of nitrogens with two attached hydrogens (primary N) is 2. The lowest BCUT2D eigenvalue weighted by atomic mass is 10.0. The molecule has 0 fully saturated rings. The maximum Gasteiger partial charge on any atom is 0.305 e. The number of carboxylic acid groups (broad SMARTS) is 1. The van der Waals surface area contributed by atoms with Crippen molar-refractivity contribution >= 4 is 70.8 Å². The van der Waals surface area contributed by atoms with Gasteiger partial charge < -0.3 is 53.6 Å². The quantitative estimate of drug-likeness (QED) is 0.0545. The number of hydrogen-bond donors (Lipinski definition) is 10. The molecule has 6 atom stereocenters. The molecule has 18 nitrogen and oxygen atoms in total. The minimum atomic E-state index is -1.52. The molecule has 0 saturated heterocycles. The van der Waals surface area contributed by atoms with Gasteiger partial charge in [0.05, 0.1) is 19.0 Å². The summed E-state index contributed by atoms with van der Waals surface area (Å²) < 4.78 is 0. The van der Waals surface area contributed by atoms with Crippen LogP contribution in [0.1, 0.15) is 50.7 Å². The smallest absolute Gasteiger partial charge is 0.305 e. The third-order valence-electron chi connectivity index (χ3n) is 8.95. The molecule has 0 unspecified atom stereocenters. The molecule has 60 heavy (non-hydrogen) atoms. The summed E-state index contributed by atoms with van der Waals surface area (Å²) in [4.78, 5) is 103. The molecule has 0 aliphatic carbocycles. The monoisotopic (exact) mass is 874 g/mol. The number of carboxylic acids is 1. The molecule has 0 aliphatic rings. The van der Waals surface area contributed by atoms with Crippen molar-refractivity contribution in [3.05, 3.63) is 65.7 Å². The first kappa shape index (κ1) is 50.8. The first-order chi connectivity index (χ1) is 28.4. The summed E-state index contributed by atoms with van der Waals surface area (Å²) >= 11 is 2.83. The van der Waals surface area contributed by atoms with Crippen LogP contribution in [0, 0.1) is 5.92 Å². The molecule has 0 bridgehead atoms. The topological polar surface area (TPSA) is 301 Å². The number of hydrogen-bond acceptors (Lipinski definition) is 12. The Bertz CT molecular complexity index is 1750. The van der Waals surface area contributed by atoms with Gasteiger partial charge in [-0.15, -0.1) is 0 Å². The van der Waals surface area contributed by atoms with Gasteiger partial charge in [-0.2, -0.15) is 23.5 Å². The van der Waals surface area contributed by atoms with E-state index in [9.17, 15) is 43.5 Å². The Balaban J connectivity index is 2.19. The summed E-state index contributed by atoms with van der Waals surface area (Å²) in [6.45, 7) is 3.03. The Morgan fingerprint density at radius 3 is 1.65 bits per heavy atom. The normalized spacial score (nSPS) is 14.0. The molecule has 0 aliphatic heterocycles. The van der Waals surface area contributed by atoms with Crippen molar-refractivity contribution in [2.75, 3.05) is 30.6 Å². The van der Waals surface area contributed by atoms with E-state index in [4.69, 9.17) is 16.6 Å². The molecule has 0 radical (unpaired) electrons. The van der Waals surface area contributed by atoms with E-state index in [0.717, 1.165) is 0 Å². The maximum atomic E-state index is 13.7. The molecule has 20 heteroatoms. The molecular weight excluding hydrogens is 817 g/mol. The van der Waals surface area contributed by atoms with Gasteiger partial charge in [-0.1, -0.05) is 56.3 Å². The van der Waals surface area contributed by atoms with Crippen molar-refractivity contribution in [1.82, 2.24) is 31.9 Å². The second-order valence-corrected chi connectivity index (χ2v) is 16.4. The van der Waals surface area contributed by atoms with E-state index in [1.807, 2.05) is 20.1 Å². The minimum Gasteiger partial charge on any atom is -0.508 e. The molecule has 0 aromatic heterocycles. The predicted molar refractivity (Wildman–Crippen MR) is 229 cm³/mol. The van der Waals surface area contributed by atoms with Crippen LogP contribution in [0.4, 0.5) is 0 Å². The average Bonchev–Trinajstić information content (AvgIpc) is 3.19. The number of amides is 7. The first-order valence-corrected chi connectivity index (χ1v) is 22.1. The van der Waals surface area contributed by atoms with E-state index in [0.29, 0.717) is 22.6 Å². The SMILES string of the molecule is CSCC[C@H](NC(=O)[C@H](CC(C)C)NC(=O)CNC(=O)[C@H](Cc1ccccc1)NC(=O)[C@@H](CCSC)NC(=O)[C@@H](N)Cc1ccc(O)cc1)C(=O)N[C@@H](CC(=O)O)C(N)=O. The van der Waals surface area contributed by atoms with Crippen molar-refractivity contribution in [3.63, 3.8) is 0 Å². The predicted octanol–water partition coefficient (Wildman–Crippen LogP) is -0.443. The molecule has 7 amide bonds. The van der Waals surface area contributed by atoms with E-state index >= 15 is 0 Å². The summed E-state index contributed by atoms with van der Waals surface area (Å²) in [7, 11) is 0. The van der Waals surface area contributed by atoms with Crippen LogP contribution in [-0.2, 0) is 51.2 Å². The highest BCUT2D eigenvalue weighted by atomic mass is 32.2. The lowest BCUT2D eigenvalue weighted by molar-refractivity contribution is -0.140. The van der Waals surface area contributed by atoms with E-state index in [1.165, 1.54) is 35.7 Å². The van der Waals surface area contributed by atoms with Crippen molar-refractivity contribution in [1.29, 1.82) is 0 Å². The zero-order valence-electron chi connectivity index (χ0n) is 34.2. The van der Waals surface area contributed by atoms with Gasteiger partial charge in [0.1, 0.15) is 36.0 Å². The van der Waals surface area contributed by atoms with Gasteiger partial charge in [-0.25, -0.2) is 0 Å². The second kappa shape index (κ2) is 26.7. The summed E-state index contributed by atoms with van der Waals surface area (Å²) in [6, 6.07) is 7.91. The number of aliphatic carboxylic acids is 1. The third kappa shape index (κ3) is 19.2. The first-order valence-electron chi connectivity index (χ1n) is 19.3. The Hall–Kier alpha value is -5.34. The van der Waals surface area contributed by atoms with E-state index in [2.05, 4.69) is 31.9 Å². The highest BCUT2D eigenvalue weighted by Crippen LogP contribution is 2.12. The van der Waals surface area contributed by atoms with Crippen LogP contribution in [0.5, 0.6) is 5.75 Å². The van der Waals surface area contributed by atoms with Gasteiger partial charge in [0.25, 0.3) is 0 Å². The van der Waals surface area contributed by atoms with Crippen molar-refractivity contribution in [2.24, 2.45) is 17.4 Å². The number of phenols is 1. The Kier molecular flexibility index (Phi) is 22.6. The second-order valence-electron chi connectivity index (χ2n) is 14.4. The molecule has 0 spiro atoms. The van der Waals surface area contributed by atoms with Crippen LogP contribution in [-0.4, -0.2) is 124 Å². The number of carbonyl (C=O) groups excluding carboxylic acids is 7. The molecule has 0 saturated carbocycles. The van der Waals surface area contributed by atoms with Crippen LogP contribution in [0.3, 0.4) is 0 Å². The van der Waals surface area contributed by atoms with Gasteiger partial charge in [-0.05, 0) is 78.9 Å². The van der Waals surface area contributed by atoms with Crippen LogP contribution >= 0.6 is 23.5 Å². The van der Waals surface area contributed by atoms with Crippen molar-refractivity contribution in [3.8, 4) is 5.75 Å². The van der Waals surface area contributed by atoms with Gasteiger partial charge in [0.15, 0.2) is 0 Å². The van der Waals surface area contributed by atoms with E-state index in [-0.39, 0.29) is 43.8 Å². The Labute approximate surface area is 358 Å². The summed E-state index contributed by atoms with van der Waals surface area (Å²) in [5, 5.41) is 34.1. The number of nitrogens with one attached hydrogen (secondary N) is 6. The number of rotatable bonds is 27. The average molecular weight is 875 g/mol. The highest BCUT2D eigenvalue weighted by Gasteiger charge is 2.32. The molecule has 12 N–H and O–H groups in total. The molecule has 0 heterocycles. The molecule has 2 rings (SSSR count). The third-order valence-corrected chi connectivity index (χ3v) is 10.2. The number of carbonyl (C=O) groups is 8. The van der Waals surface area contributed by atoms with Crippen LogP contribution in [0.2, 0.25) is 0 Å². The molecule has 330 valence electrons. The highest BCUT2D eigenvalue weighted by molar-refractivity contribution is 7.98. The maximum absolute atomic E-state index is 13.7. The standard InChI is InChI=1S/C40H58N8O10S2/c1-23(2)18-31(40(58)46-29(15-17-60-4)38(56)47-30(35(42)53)21-34(51)52)44-33(50)22-43-37(55)32(20-24-8-6-5-7-9-24)48-39(57)28(14-16-59-3)45-36(54)27(41)19-25-10-12-26(49)13-11-25/h5-13,23,27-32,49H,14-22,41H2,1-4H3,(H2,42,53)(H,43,55)(H,44,50)(H,45,54)(H,46,58)(H,47,56)(H,48,57)(H,51,52)/t27-,28+,29-,30-,31-,32-/m0/s1. The van der Waals surface area contributed by atoms with Crippen molar-refractivity contribution in [2.45, 2.75) is 88.6 Å². The van der Waals surface area contributed by atoms with Gasteiger partial charge in [0, 0.05) is 6.42 Å². The fourth-order valence-corrected chi connectivity index (χ4v) is 6.72. The molecule has 2 aromatic rings. The summed E-state index contributed by atoms with van der Waals surface area (Å²) in [5.41, 5.74) is 12.8. The molecule has 2 aromatic carbocycles. The number of aromatic hydroxyl groups is 1. The zero-order valence-corrected chi connectivity index (χ0v) is 35.9. The molecular formula is C40H58N8O10S2. The van der Waals surface area contributed by atoms with Crippen molar-refractivity contribution < 1.29 is 48.6 Å². The van der Waals surface area contributed by atoms with Crippen LogP contribution in [0.15, 0.2) is 54.6 Å².